The van der Waals surface area contributed by atoms with Gasteiger partial charge < -0.3 is 10.6 Å². The van der Waals surface area contributed by atoms with Crippen LogP contribution in [0.4, 0.5) is 0 Å². The van der Waals surface area contributed by atoms with Gasteiger partial charge in [-0.25, -0.2) is 0 Å². The van der Waals surface area contributed by atoms with Crippen LogP contribution in [-0.2, 0) is 4.79 Å². The van der Waals surface area contributed by atoms with Crippen LogP contribution in [0, 0.1) is 17.8 Å². The Kier molecular flexibility index (Phi) is 3.59. The van der Waals surface area contributed by atoms with Crippen molar-refractivity contribution < 1.29 is 4.79 Å². The van der Waals surface area contributed by atoms with Crippen LogP contribution in [0.5, 0.6) is 0 Å². The maximum absolute atomic E-state index is 12.7. The molecule has 0 aromatic carbocycles. The third kappa shape index (κ3) is 2.07. The molecular formula is C14H24N2OS. The van der Waals surface area contributed by atoms with Crippen molar-refractivity contribution in [3.05, 3.63) is 0 Å². The fraction of sp³-hybridized carbons (Fsp3) is 0.929. The third-order valence-electron chi connectivity index (χ3n) is 5.17. The minimum absolute atomic E-state index is 0.143. The zero-order valence-corrected chi connectivity index (χ0v) is 12.0. The van der Waals surface area contributed by atoms with E-state index in [2.05, 4.69) is 11.8 Å². The van der Waals surface area contributed by atoms with Gasteiger partial charge in [0.15, 0.2) is 0 Å². The van der Waals surface area contributed by atoms with E-state index in [4.69, 9.17) is 5.73 Å². The summed E-state index contributed by atoms with van der Waals surface area (Å²) in [4.78, 5) is 14.8. The minimum Gasteiger partial charge on any atom is -0.340 e. The topological polar surface area (TPSA) is 46.3 Å². The lowest BCUT2D eigenvalue weighted by atomic mass is 9.84. The molecule has 2 bridgehead atoms. The number of rotatable bonds is 2. The Morgan fingerprint density at radius 2 is 2.17 bits per heavy atom. The van der Waals surface area contributed by atoms with Crippen molar-refractivity contribution >= 4 is 17.7 Å². The summed E-state index contributed by atoms with van der Waals surface area (Å²) in [7, 11) is 0. The van der Waals surface area contributed by atoms with Crippen molar-refractivity contribution in [2.45, 2.75) is 43.9 Å². The van der Waals surface area contributed by atoms with Crippen molar-refractivity contribution in [2.24, 2.45) is 23.5 Å². The predicted octanol–water partition coefficient (Wildman–Crippen LogP) is 1.71. The number of carbonyl (C=O) groups excluding carboxylic acids is 1. The summed E-state index contributed by atoms with van der Waals surface area (Å²) < 4.78 is 0. The number of carbonyl (C=O) groups is 1. The Labute approximate surface area is 114 Å². The first kappa shape index (κ1) is 12.8. The molecule has 0 aromatic rings. The summed E-state index contributed by atoms with van der Waals surface area (Å²) in [6.45, 7) is 4.09. The van der Waals surface area contributed by atoms with Gasteiger partial charge in [-0.3, -0.25) is 4.79 Å². The first-order chi connectivity index (χ1) is 8.70. The van der Waals surface area contributed by atoms with Crippen LogP contribution in [0.2, 0.25) is 0 Å². The lowest BCUT2D eigenvalue weighted by Crippen LogP contribution is -2.50. The zero-order chi connectivity index (χ0) is 12.7. The van der Waals surface area contributed by atoms with Gasteiger partial charge in [-0.2, -0.15) is 11.8 Å². The fourth-order valence-corrected chi connectivity index (χ4v) is 5.26. The molecule has 1 amide bonds. The largest absolute Gasteiger partial charge is 0.340 e. The second kappa shape index (κ2) is 5.04. The van der Waals surface area contributed by atoms with Crippen LogP contribution in [0.1, 0.15) is 32.6 Å². The number of nitrogens with zero attached hydrogens (tertiary/aromatic N) is 1. The van der Waals surface area contributed by atoms with Gasteiger partial charge in [0.05, 0.1) is 5.92 Å². The van der Waals surface area contributed by atoms with E-state index >= 15 is 0 Å². The monoisotopic (exact) mass is 268 g/mol. The number of hydrogen-bond donors (Lipinski definition) is 1. The molecule has 0 aromatic heterocycles. The average Bonchev–Trinajstić information content (AvgIpc) is 2.99. The predicted molar refractivity (Wildman–Crippen MR) is 75.4 cm³/mol. The summed E-state index contributed by atoms with van der Waals surface area (Å²) in [5, 5.41) is 0.637. The number of thioether (sulfide) groups is 1. The number of nitrogens with two attached hydrogens (primary N) is 1. The highest BCUT2D eigenvalue weighted by Gasteiger charge is 2.50. The maximum Gasteiger partial charge on any atom is 0.227 e. The second-order valence-corrected chi connectivity index (χ2v) is 7.53. The highest BCUT2D eigenvalue weighted by molar-refractivity contribution is 8.00. The van der Waals surface area contributed by atoms with E-state index < -0.39 is 0 Å². The average molecular weight is 268 g/mol. The molecule has 102 valence electrons. The van der Waals surface area contributed by atoms with Crippen LogP contribution < -0.4 is 5.73 Å². The van der Waals surface area contributed by atoms with Crippen LogP contribution >= 0.6 is 11.8 Å². The van der Waals surface area contributed by atoms with Crippen LogP contribution in [0.15, 0.2) is 0 Å². The van der Waals surface area contributed by atoms with Crippen molar-refractivity contribution in [3.63, 3.8) is 0 Å². The van der Waals surface area contributed by atoms with Crippen LogP contribution in [-0.4, -0.2) is 40.9 Å². The standard InChI is InChI=1S/C14H24N2OS/c1-2-11-8-16(5-6-18-11)14(17)12-9-3-4-10(7-9)13(12)15/h9-13H,2-8,15H2,1H3. The molecule has 2 aliphatic carbocycles. The van der Waals surface area contributed by atoms with Crippen LogP contribution in [0.25, 0.3) is 0 Å². The molecule has 1 saturated heterocycles. The van der Waals surface area contributed by atoms with Gasteiger partial charge in [-0.15, -0.1) is 0 Å². The van der Waals surface area contributed by atoms with Crippen LogP contribution in [0.3, 0.4) is 0 Å². The maximum atomic E-state index is 12.7. The minimum atomic E-state index is 0.143. The molecule has 0 spiro atoms. The summed E-state index contributed by atoms with van der Waals surface area (Å²) in [5.41, 5.74) is 6.29. The Hall–Kier alpha value is -0.220. The first-order valence-electron chi connectivity index (χ1n) is 7.36. The Balaban J connectivity index is 1.67. The molecule has 1 aliphatic heterocycles. The molecule has 2 saturated carbocycles. The lowest BCUT2D eigenvalue weighted by Gasteiger charge is -2.37. The summed E-state index contributed by atoms with van der Waals surface area (Å²) in [6.07, 6.45) is 4.85. The second-order valence-electron chi connectivity index (χ2n) is 6.12. The van der Waals surface area contributed by atoms with E-state index in [1.807, 2.05) is 11.8 Å². The van der Waals surface area contributed by atoms with Gasteiger partial charge in [0.1, 0.15) is 0 Å². The highest BCUT2D eigenvalue weighted by Crippen LogP contribution is 2.48. The molecule has 2 N–H and O–H groups in total. The summed E-state index contributed by atoms with van der Waals surface area (Å²) in [5.74, 6) is 2.83. The number of hydrogen-bond acceptors (Lipinski definition) is 3. The normalized spacial score (nSPS) is 43.4. The molecule has 4 heteroatoms. The van der Waals surface area contributed by atoms with Gasteiger partial charge in [-0.1, -0.05) is 6.92 Å². The zero-order valence-electron chi connectivity index (χ0n) is 11.2. The van der Waals surface area contributed by atoms with E-state index in [1.165, 1.54) is 19.3 Å². The smallest absolute Gasteiger partial charge is 0.227 e. The molecule has 3 fully saturated rings. The molecule has 3 rings (SSSR count). The summed E-state index contributed by atoms with van der Waals surface area (Å²) in [6, 6.07) is 0.144. The molecule has 3 nitrogen and oxygen atoms in total. The molecule has 0 radical (unpaired) electrons. The van der Waals surface area contributed by atoms with Gasteiger partial charge in [-0.05, 0) is 37.5 Å². The van der Waals surface area contributed by atoms with E-state index in [0.717, 1.165) is 25.3 Å². The van der Waals surface area contributed by atoms with Crippen molar-refractivity contribution in [2.75, 3.05) is 18.8 Å². The Morgan fingerprint density at radius 1 is 1.39 bits per heavy atom. The van der Waals surface area contributed by atoms with E-state index in [9.17, 15) is 4.79 Å². The number of fused-ring (bicyclic) bond motifs is 2. The van der Waals surface area contributed by atoms with Crippen molar-refractivity contribution in [3.8, 4) is 0 Å². The molecule has 3 aliphatic rings. The van der Waals surface area contributed by atoms with E-state index in [0.29, 0.717) is 23.0 Å². The summed E-state index contributed by atoms with van der Waals surface area (Å²) >= 11 is 2.02. The van der Waals surface area contributed by atoms with Gasteiger partial charge in [0.25, 0.3) is 0 Å². The third-order valence-corrected chi connectivity index (χ3v) is 6.54. The molecule has 18 heavy (non-hydrogen) atoms. The molecule has 5 atom stereocenters. The molecular weight excluding hydrogens is 244 g/mol. The van der Waals surface area contributed by atoms with Crippen molar-refractivity contribution in [1.29, 1.82) is 0 Å². The van der Waals surface area contributed by atoms with Crippen molar-refractivity contribution in [1.82, 2.24) is 4.90 Å². The number of amides is 1. The van der Waals surface area contributed by atoms with Gasteiger partial charge >= 0.3 is 0 Å². The quantitative estimate of drug-likeness (QED) is 0.829. The van der Waals surface area contributed by atoms with Gasteiger partial charge in [0, 0.05) is 30.1 Å². The van der Waals surface area contributed by atoms with Gasteiger partial charge in [0.2, 0.25) is 5.91 Å². The molecule has 5 unspecified atom stereocenters. The first-order valence-corrected chi connectivity index (χ1v) is 8.41. The SMILES string of the molecule is CCC1CN(C(=O)C2C3CCC(C3)C2N)CCS1. The lowest BCUT2D eigenvalue weighted by molar-refractivity contribution is -0.137. The van der Waals surface area contributed by atoms with E-state index in [-0.39, 0.29) is 12.0 Å². The molecule has 1 heterocycles. The van der Waals surface area contributed by atoms with E-state index in [1.54, 1.807) is 0 Å². The highest BCUT2D eigenvalue weighted by atomic mass is 32.2. The fourth-order valence-electron chi connectivity index (χ4n) is 4.08. The Bertz CT molecular complexity index is 334. The Morgan fingerprint density at radius 3 is 2.83 bits per heavy atom.